The predicted octanol–water partition coefficient (Wildman–Crippen LogP) is 3.42. The lowest BCUT2D eigenvalue weighted by molar-refractivity contribution is 0.0966. The summed E-state index contributed by atoms with van der Waals surface area (Å²) in [6.45, 7) is 5.79. The average molecular weight is 188 g/mol. The molecule has 12 heavy (non-hydrogen) atoms. The summed E-state index contributed by atoms with van der Waals surface area (Å²) in [6.07, 6.45) is 8.44. The lowest BCUT2D eigenvalue weighted by Crippen LogP contribution is -2.06. The van der Waals surface area contributed by atoms with Gasteiger partial charge in [0.2, 0.25) is 0 Å². The number of hydrogen-bond acceptors (Lipinski definition) is 2. The average Bonchev–Trinajstić information content (AvgIpc) is 2.05. The molecule has 0 aliphatic rings. The van der Waals surface area contributed by atoms with E-state index in [1.165, 1.54) is 19.3 Å². The van der Waals surface area contributed by atoms with Gasteiger partial charge in [-0.3, -0.25) is 0 Å². The van der Waals surface area contributed by atoms with Gasteiger partial charge in [0.25, 0.3) is 0 Å². The maximum atomic E-state index is 5.29. The molecule has 1 unspecified atom stereocenters. The summed E-state index contributed by atoms with van der Waals surface area (Å²) >= 11 is 4.00. The Morgan fingerprint density at radius 1 is 1.42 bits per heavy atom. The molecule has 72 valence electrons. The zero-order chi connectivity index (χ0) is 9.23. The van der Waals surface area contributed by atoms with Crippen LogP contribution in [0.4, 0.5) is 0 Å². The second kappa shape index (κ2) is 9.14. The molecule has 0 saturated heterocycles. The molecule has 0 radical (unpaired) electrons. The second-order valence-corrected chi connectivity index (χ2v) is 3.29. The SMILES string of the molecule is C=CCCCCCC(C)OCS. The minimum atomic E-state index is 0.367. The molecule has 1 nitrogen and oxygen atoms in total. The standard InChI is InChI=1S/C10H20OS/c1-3-4-5-6-7-8-10(2)11-9-12/h3,10,12H,1,4-9H2,2H3. The molecule has 0 aliphatic heterocycles. The molecule has 0 spiro atoms. The number of allylic oxidation sites excluding steroid dienone is 1. The van der Waals surface area contributed by atoms with Crippen molar-refractivity contribution in [3.63, 3.8) is 0 Å². The van der Waals surface area contributed by atoms with Crippen LogP contribution in [0.3, 0.4) is 0 Å². The zero-order valence-corrected chi connectivity index (χ0v) is 8.85. The Kier molecular flexibility index (Phi) is 9.18. The first-order valence-electron chi connectivity index (χ1n) is 4.64. The Balaban J connectivity index is 3.02. The van der Waals surface area contributed by atoms with Crippen LogP contribution in [0, 0.1) is 0 Å². The summed E-state index contributed by atoms with van der Waals surface area (Å²) in [7, 11) is 0. The largest absolute Gasteiger partial charge is 0.368 e. The molecule has 0 saturated carbocycles. The van der Waals surface area contributed by atoms with E-state index >= 15 is 0 Å². The highest BCUT2D eigenvalue weighted by molar-refractivity contribution is 7.80. The Hall–Kier alpha value is 0.0500. The van der Waals surface area contributed by atoms with Crippen molar-refractivity contribution in [1.29, 1.82) is 0 Å². The second-order valence-electron chi connectivity index (χ2n) is 3.03. The van der Waals surface area contributed by atoms with Gasteiger partial charge in [0.15, 0.2) is 0 Å². The van der Waals surface area contributed by atoms with Crippen LogP contribution in [-0.2, 0) is 4.74 Å². The highest BCUT2D eigenvalue weighted by Gasteiger charge is 1.99. The minimum absolute atomic E-state index is 0.367. The molecule has 0 amide bonds. The smallest absolute Gasteiger partial charge is 0.0896 e. The van der Waals surface area contributed by atoms with Crippen molar-refractivity contribution in [2.24, 2.45) is 0 Å². The highest BCUT2D eigenvalue weighted by Crippen LogP contribution is 2.08. The molecule has 0 rings (SSSR count). The van der Waals surface area contributed by atoms with E-state index in [9.17, 15) is 0 Å². The molecule has 0 aromatic rings. The monoisotopic (exact) mass is 188 g/mol. The molecule has 0 N–H and O–H groups in total. The van der Waals surface area contributed by atoms with Crippen LogP contribution in [0.2, 0.25) is 0 Å². The topological polar surface area (TPSA) is 9.23 Å². The Morgan fingerprint density at radius 3 is 2.75 bits per heavy atom. The Labute approximate surface area is 81.6 Å². The van der Waals surface area contributed by atoms with Gasteiger partial charge < -0.3 is 4.74 Å². The summed E-state index contributed by atoms with van der Waals surface area (Å²) in [5.74, 6) is 0.536. The molecule has 1 atom stereocenters. The van der Waals surface area contributed by atoms with Crippen molar-refractivity contribution in [2.45, 2.75) is 45.1 Å². The minimum Gasteiger partial charge on any atom is -0.368 e. The van der Waals surface area contributed by atoms with E-state index < -0.39 is 0 Å². The van der Waals surface area contributed by atoms with Gasteiger partial charge in [0, 0.05) is 0 Å². The van der Waals surface area contributed by atoms with Gasteiger partial charge in [-0.25, -0.2) is 0 Å². The quantitative estimate of drug-likeness (QED) is 0.266. The van der Waals surface area contributed by atoms with Gasteiger partial charge in [-0.05, 0) is 26.2 Å². The number of ether oxygens (including phenoxy) is 1. The fraction of sp³-hybridized carbons (Fsp3) is 0.800. The Morgan fingerprint density at radius 2 is 2.17 bits per heavy atom. The van der Waals surface area contributed by atoms with Crippen LogP contribution in [0.1, 0.15) is 39.0 Å². The fourth-order valence-corrected chi connectivity index (χ4v) is 1.36. The molecule has 0 bridgehead atoms. The first kappa shape index (κ1) is 12.0. The third kappa shape index (κ3) is 8.15. The van der Waals surface area contributed by atoms with Crippen molar-refractivity contribution >= 4 is 12.6 Å². The van der Waals surface area contributed by atoms with E-state index in [0.29, 0.717) is 12.0 Å². The van der Waals surface area contributed by atoms with Gasteiger partial charge in [-0.1, -0.05) is 18.9 Å². The summed E-state index contributed by atoms with van der Waals surface area (Å²) in [5, 5.41) is 0. The van der Waals surface area contributed by atoms with Crippen LogP contribution >= 0.6 is 12.6 Å². The molecule has 0 heterocycles. The maximum absolute atomic E-state index is 5.29. The molecule has 2 heteroatoms. The highest BCUT2D eigenvalue weighted by atomic mass is 32.1. The normalized spacial score (nSPS) is 12.8. The molecular weight excluding hydrogens is 168 g/mol. The van der Waals surface area contributed by atoms with Crippen molar-refractivity contribution in [3.05, 3.63) is 12.7 Å². The number of thiol groups is 1. The van der Waals surface area contributed by atoms with E-state index in [-0.39, 0.29) is 0 Å². The first-order valence-corrected chi connectivity index (χ1v) is 5.28. The van der Waals surface area contributed by atoms with Gasteiger partial charge in [0.1, 0.15) is 0 Å². The summed E-state index contributed by atoms with van der Waals surface area (Å²) in [4.78, 5) is 0. The lowest BCUT2D eigenvalue weighted by Gasteiger charge is -2.09. The number of hydrogen-bond donors (Lipinski definition) is 1. The van der Waals surface area contributed by atoms with Crippen LogP contribution in [-0.4, -0.2) is 12.0 Å². The fourth-order valence-electron chi connectivity index (χ4n) is 1.11. The van der Waals surface area contributed by atoms with Crippen molar-refractivity contribution in [1.82, 2.24) is 0 Å². The van der Waals surface area contributed by atoms with E-state index in [1.54, 1.807) is 0 Å². The molecule has 0 aromatic carbocycles. The van der Waals surface area contributed by atoms with Crippen LogP contribution < -0.4 is 0 Å². The van der Waals surface area contributed by atoms with E-state index in [1.807, 2.05) is 6.08 Å². The van der Waals surface area contributed by atoms with Gasteiger partial charge in [-0.15, -0.1) is 6.58 Å². The molecule has 0 fully saturated rings. The third-order valence-electron chi connectivity index (χ3n) is 1.88. The van der Waals surface area contributed by atoms with Crippen LogP contribution in [0.5, 0.6) is 0 Å². The van der Waals surface area contributed by atoms with Gasteiger partial charge in [0.05, 0.1) is 12.0 Å². The molecule has 0 aromatic heterocycles. The van der Waals surface area contributed by atoms with E-state index in [0.717, 1.165) is 12.8 Å². The summed E-state index contributed by atoms with van der Waals surface area (Å²) in [6, 6.07) is 0. The maximum Gasteiger partial charge on any atom is 0.0896 e. The van der Waals surface area contributed by atoms with Gasteiger partial charge >= 0.3 is 0 Å². The summed E-state index contributed by atoms with van der Waals surface area (Å²) in [5.41, 5.74) is 0. The van der Waals surface area contributed by atoms with Crippen molar-refractivity contribution < 1.29 is 4.74 Å². The van der Waals surface area contributed by atoms with Crippen molar-refractivity contribution in [2.75, 3.05) is 5.94 Å². The predicted molar refractivity (Wildman–Crippen MR) is 57.7 cm³/mol. The summed E-state index contributed by atoms with van der Waals surface area (Å²) < 4.78 is 5.29. The van der Waals surface area contributed by atoms with E-state index in [2.05, 4.69) is 26.1 Å². The van der Waals surface area contributed by atoms with Crippen molar-refractivity contribution in [3.8, 4) is 0 Å². The van der Waals surface area contributed by atoms with Crippen LogP contribution in [0.15, 0.2) is 12.7 Å². The lowest BCUT2D eigenvalue weighted by atomic mass is 10.1. The first-order chi connectivity index (χ1) is 5.81. The zero-order valence-electron chi connectivity index (χ0n) is 7.96. The third-order valence-corrected chi connectivity index (χ3v) is 2.03. The number of unbranched alkanes of at least 4 members (excludes halogenated alkanes) is 3. The molecular formula is C10H20OS. The van der Waals surface area contributed by atoms with Gasteiger partial charge in [-0.2, -0.15) is 12.6 Å². The molecule has 0 aliphatic carbocycles. The number of rotatable bonds is 8. The van der Waals surface area contributed by atoms with Crippen LogP contribution in [0.25, 0.3) is 0 Å². The Bertz CT molecular complexity index is 104. The van der Waals surface area contributed by atoms with E-state index in [4.69, 9.17) is 4.74 Å².